The van der Waals surface area contributed by atoms with E-state index in [4.69, 9.17) is 9.47 Å². The minimum absolute atomic E-state index is 0.624. The molecule has 1 aliphatic heterocycles. The van der Waals surface area contributed by atoms with Gasteiger partial charge in [0.2, 0.25) is 0 Å². The number of anilines is 1. The lowest BCUT2D eigenvalue weighted by Gasteiger charge is -2.14. The molecule has 0 atom stereocenters. The molecule has 27 heavy (non-hydrogen) atoms. The van der Waals surface area contributed by atoms with Crippen molar-refractivity contribution in [3.8, 4) is 11.5 Å². The number of rotatable bonds is 3. The second-order valence-corrected chi connectivity index (χ2v) is 6.26. The Hall–Kier alpha value is -3.28. The van der Waals surface area contributed by atoms with Gasteiger partial charge in [0, 0.05) is 43.4 Å². The van der Waals surface area contributed by atoms with Gasteiger partial charge in [-0.1, -0.05) is 24.3 Å². The van der Waals surface area contributed by atoms with Crippen molar-refractivity contribution in [1.29, 1.82) is 0 Å². The standard InChI is InChI=1S/C21H22N4O2/c1-22-21(24-14-16-6-2-5-15-7-3-10-23-20(15)16)25-17-8-9-18-19(13-17)27-12-4-11-26-18/h2-3,5-10,13H,4,11-12,14H2,1H3,(H2,22,24,25). The summed E-state index contributed by atoms with van der Waals surface area (Å²) in [4.78, 5) is 8.81. The summed E-state index contributed by atoms with van der Waals surface area (Å²) in [5.74, 6) is 2.21. The largest absolute Gasteiger partial charge is 0.490 e. The van der Waals surface area contributed by atoms with Crippen LogP contribution in [0, 0.1) is 0 Å². The van der Waals surface area contributed by atoms with Gasteiger partial charge in [-0.15, -0.1) is 0 Å². The Kier molecular flexibility index (Phi) is 5.05. The number of aromatic nitrogens is 1. The zero-order chi connectivity index (χ0) is 18.5. The smallest absolute Gasteiger partial charge is 0.195 e. The molecule has 0 saturated carbocycles. The quantitative estimate of drug-likeness (QED) is 0.551. The summed E-state index contributed by atoms with van der Waals surface area (Å²) >= 11 is 0. The third kappa shape index (κ3) is 3.95. The first kappa shape index (κ1) is 17.1. The average molecular weight is 362 g/mol. The molecule has 0 radical (unpaired) electrons. The SMILES string of the molecule is CN=C(NCc1cccc2cccnc12)Nc1ccc2c(c1)OCCCO2. The van der Waals surface area contributed by atoms with Crippen LogP contribution in [0.3, 0.4) is 0 Å². The number of hydrogen-bond acceptors (Lipinski definition) is 4. The molecule has 0 amide bonds. The van der Waals surface area contributed by atoms with Gasteiger partial charge in [0.25, 0.3) is 0 Å². The molecule has 0 unspecified atom stereocenters. The molecule has 0 aliphatic carbocycles. The normalized spacial score (nSPS) is 13.9. The van der Waals surface area contributed by atoms with Gasteiger partial charge in [0.05, 0.1) is 18.7 Å². The monoisotopic (exact) mass is 362 g/mol. The predicted octanol–water partition coefficient (Wildman–Crippen LogP) is 3.58. The van der Waals surface area contributed by atoms with E-state index in [1.165, 1.54) is 0 Å². The van der Waals surface area contributed by atoms with E-state index in [1.54, 1.807) is 7.05 Å². The van der Waals surface area contributed by atoms with Crippen molar-refractivity contribution in [2.24, 2.45) is 4.99 Å². The summed E-state index contributed by atoms with van der Waals surface area (Å²) in [5.41, 5.74) is 3.01. The van der Waals surface area contributed by atoms with Crippen LogP contribution >= 0.6 is 0 Å². The van der Waals surface area contributed by atoms with Crippen LogP contribution in [0.15, 0.2) is 59.7 Å². The second kappa shape index (κ2) is 7.95. The van der Waals surface area contributed by atoms with E-state index in [2.05, 4.69) is 38.8 Å². The number of guanidine groups is 1. The molecular formula is C21H22N4O2. The average Bonchev–Trinajstić information content (AvgIpc) is 2.96. The Labute approximate surface area is 158 Å². The first-order valence-electron chi connectivity index (χ1n) is 9.03. The van der Waals surface area contributed by atoms with Crippen molar-refractivity contribution in [1.82, 2.24) is 10.3 Å². The van der Waals surface area contributed by atoms with E-state index in [0.717, 1.165) is 40.1 Å². The van der Waals surface area contributed by atoms with Crippen LogP contribution in [-0.2, 0) is 6.54 Å². The third-order valence-electron chi connectivity index (χ3n) is 4.40. The molecule has 6 heteroatoms. The van der Waals surface area contributed by atoms with E-state index in [1.807, 2.05) is 36.5 Å². The fourth-order valence-electron chi connectivity index (χ4n) is 3.05. The van der Waals surface area contributed by atoms with Crippen molar-refractivity contribution < 1.29 is 9.47 Å². The lowest BCUT2D eigenvalue weighted by molar-refractivity contribution is 0.297. The number of ether oxygens (including phenoxy) is 2. The Morgan fingerprint density at radius 1 is 1.07 bits per heavy atom. The molecule has 1 aliphatic rings. The maximum atomic E-state index is 5.75. The second-order valence-electron chi connectivity index (χ2n) is 6.26. The molecular weight excluding hydrogens is 340 g/mol. The van der Waals surface area contributed by atoms with Crippen LogP contribution in [0.2, 0.25) is 0 Å². The van der Waals surface area contributed by atoms with E-state index in [0.29, 0.717) is 25.7 Å². The molecule has 2 N–H and O–H groups in total. The minimum Gasteiger partial charge on any atom is -0.490 e. The molecule has 0 saturated heterocycles. The molecule has 2 heterocycles. The highest BCUT2D eigenvalue weighted by atomic mass is 16.5. The van der Waals surface area contributed by atoms with Crippen LogP contribution in [0.1, 0.15) is 12.0 Å². The zero-order valence-electron chi connectivity index (χ0n) is 15.2. The lowest BCUT2D eigenvalue weighted by Crippen LogP contribution is -2.30. The highest BCUT2D eigenvalue weighted by molar-refractivity contribution is 5.94. The number of benzene rings is 2. The van der Waals surface area contributed by atoms with Gasteiger partial charge in [0.15, 0.2) is 17.5 Å². The van der Waals surface area contributed by atoms with Gasteiger partial charge >= 0.3 is 0 Å². The summed E-state index contributed by atoms with van der Waals surface area (Å²) < 4.78 is 11.4. The van der Waals surface area contributed by atoms with Crippen molar-refractivity contribution in [2.75, 3.05) is 25.6 Å². The topological polar surface area (TPSA) is 67.8 Å². The fourth-order valence-corrected chi connectivity index (χ4v) is 3.05. The van der Waals surface area contributed by atoms with E-state index in [9.17, 15) is 0 Å². The fraction of sp³-hybridized carbons (Fsp3) is 0.238. The molecule has 6 nitrogen and oxygen atoms in total. The predicted molar refractivity (Wildman–Crippen MR) is 108 cm³/mol. The molecule has 4 rings (SSSR count). The summed E-state index contributed by atoms with van der Waals surface area (Å²) in [5, 5.41) is 7.77. The molecule has 0 fully saturated rings. The van der Waals surface area contributed by atoms with Crippen molar-refractivity contribution in [3.05, 3.63) is 60.3 Å². The maximum absolute atomic E-state index is 5.75. The Balaban J connectivity index is 1.46. The van der Waals surface area contributed by atoms with Crippen LogP contribution < -0.4 is 20.1 Å². The van der Waals surface area contributed by atoms with Gasteiger partial charge in [-0.3, -0.25) is 9.98 Å². The number of nitrogens with zero attached hydrogens (tertiary/aromatic N) is 2. The summed E-state index contributed by atoms with van der Waals surface area (Å²) in [6, 6.07) is 16.0. The Morgan fingerprint density at radius 2 is 1.93 bits per heavy atom. The minimum atomic E-state index is 0.624. The molecule has 2 aromatic carbocycles. The molecule has 0 spiro atoms. The summed E-state index contributed by atoms with van der Waals surface area (Å²) in [6.45, 7) is 1.97. The van der Waals surface area contributed by atoms with Crippen LogP contribution in [0.25, 0.3) is 10.9 Å². The third-order valence-corrected chi connectivity index (χ3v) is 4.40. The summed E-state index contributed by atoms with van der Waals surface area (Å²) in [7, 11) is 1.75. The zero-order valence-corrected chi connectivity index (χ0v) is 15.2. The van der Waals surface area contributed by atoms with E-state index < -0.39 is 0 Å². The van der Waals surface area contributed by atoms with Crippen molar-refractivity contribution in [3.63, 3.8) is 0 Å². The van der Waals surface area contributed by atoms with Gasteiger partial charge in [-0.2, -0.15) is 0 Å². The van der Waals surface area contributed by atoms with Gasteiger partial charge < -0.3 is 20.1 Å². The van der Waals surface area contributed by atoms with E-state index >= 15 is 0 Å². The van der Waals surface area contributed by atoms with Crippen molar-refractivity contribution >= 4 is 22.5 Å². The van der Waals surface area contributed by atoms with Gasteiger partial charge in [-0.25, -0.2) is 0 Å². The highest BCUT2D eigenvalue weighted by Gasteiger charge is 2.11. The number of para-hydroxylation sites is 1. The van der Waals surface area contributed by atoms with Crippen LogP contribution in [0.5, 0.6) is 11.5 Å². The molecule has 138 valence electrons. The lowest BCUT2D eigenvalue weighted by atomic mass is 10.1. The number of hydrogen-bond donors (Lipinski definition) is 2. The maximum Gasteiger partial charge on any atom is 0.195 e. The number of pyridine rings is 1. The first-order valence-corrected chi connectivity index (χ1v) is 9.03. The first-order chi connectivity index (χ1) is 13.3. The van der Waals surface area contributed by atoms with Crippen LogP contribution in [-0.4, -0.2) is 31.2 Å². The number of nitrogens with one attached hydrogen (secondary N) is 2. The molecule has 1 aromatic heterocycles. The van der Waals surface area contributed by atoms with E-state index in [-0.39, 0.29) is 0 Å². The number of aliphatic imine (C=N–C) groups is 1. The Bertz CT molecular complexity index is 966. The molecule has 3 aromatic rings. The van der Waals surface area contributed by atoms with Crippen LogP contribution in [0.4, 0.5) is 5.69 Å². The van der Waals surface area contributed by atoms with Gasteiger partial charge in [-0.05, 0) is 23.8 Å². The molecule has 0 bridgehead atoms. The number of fused-ring (bicyclic) bond motifs is 2. The van der Waals surface area contributed by atoms with Gasteiger partial charge in [0.1, 0.15) is 0 Å². The summed E-state index contributed by atoms with van der Waals surface area (Å²) in [6.07, 6.45) is 2.70. The Morgan fingerprint density at radius 3 is 2.81 bits per heavy atom. The highest BCUT2D eigenvalue weighted by Crippen LogP contribution is 2.32. The van der Waals surface area contributed by atoms with Crippen molar-refractivity contribution in [2.45, 2.75) is 13.0 Å².